The summed E-state index contributed by atoms with van der Waals surface area (Å²) in [5, 5.41) is 10.9. The molecule has 0 radical (unpaired) electrons. The highest BCUT2D eigenvalue weighted by Crippen LogP contribution is 2.19. The summed E-state index contributed by atoms with van der Waals surface area (Å²) in [6.45, 7) is 5.70. The maximum absolute atomic E-state index is 13.7. The molecule has 1 aromatic carbocycles. The number of aliphatic carboxylic acids is 1. The molecule has 21 heavy (non-hydrogen) atoms. The van der Waals surface area contributed by atoms with E-state index in [4.69, 9.17) is 5.11 Å². The summed E-state index contributed by atoms with van der Waals surface area (Å²) in [4.78, 5) is 16.0. The van der Waals surface area contributed by atoms with Crippen molar-refractivity contribution in [1.29, 1.82) is 0 Å². The Hall–Kier alpha value is -2.21. The van der Waals surface area contributed by atoms with Gasteiger partial charge in [-0.05, 0) is 19.1 Å². The van der Waals surface area contributed by atoms with Crippen LogP contribution in [0.5, 0.6) is 0 Å². The Bertz CT molecular complexity index is 733. The van der Waals surface area contributed by atoms with E-state index in [1.165, 1.54) is 17.4 Å². The Labute approximate surface area is 125 Å². The lowest BCUT2D eigenvalue weighted by Crippen LogP contribution is -2.20. The average Bonchev–Trinajstić information content (AvgIpc) is 2.84. The van der Waals surface area contributed by atoms with Crippen LogP contribution in [0.1, 0.15) is 18.5 Å². The van der Waals surface area contributed by atoms with Crippen molar-refractivity contribution in [3.05, 3.63) is 58.6 Å². The summed E-state index contributed by atoms with van der Waals surface area (Å²) in [6.07, 6.45) is 1.66. The molecular formula is C15H15FN2O2S. The molecule has 1 N–H and O–H groups in total. The van der Waals surface area contributed by atoms with Crippen LogP contribution in [0.3, 0.4) is 0 Å². The van der Waals surface area contributed by atoms with Crippen LogP contribution in [0.15, 0.2) is 47.3 Å². The van der Waals surface area contributed by atoms with Gasteiger partial charge in [0.25, 0.3) is 0 Å². The largest absolute Gasteiger partial charge is 0.481 e. The minimum absolute atomic E-state index is 0.228. The summed E-state index contributed by atoms with van der Waals surface area (Å²) < 4.78 is 15.4. The Morgan fingerprint density at radius 2 is 2.29 bits per heavy atom. The van der Waals surface area contributed by atoms with E-state index in [2.05, 4.69) is 11.6 Å². The molecule has 0 aliphatic rings. The van der Waals surface area contributed by atoms with Gasteiger partial charge in [0, 0.05) is 17.6 Å². The lowest BCUT2D eigenvalue weighted by Gasteiger charge is -2.09. The SMILES string of the molecule is C=CCn1c(C(C)C(=O)O)cs/c1=N/c1ccccc1F. The van der Waals surface area contributed by atoms with E-state index < -0.39 is 17.7 Å². The Morgan fingerprint density at radius 1 is 1.57 bits per heavy atom. The molecule has 0 amide bonds. The molecule has 0 fully saturated rings. The molecule has 1 atom stereocenters. The number of hydrogen-bond donors (Lipinski definition) is 1. The molecule has 6 heteroatoms. The molecule has 4 nitrogen and oxygen atoms in total. The molecule has 0 aliphatic carbocycles. The molecule has 0 saturated carbocycles. The second-order valence-electron chi connectivity index (χ2n) is 4.47. The van der Waals surface area contributed by atoms with Crippen LogP contribution in [0, 0.1) is 5.82 Å². The van der Waals surface area contributed by atoms with E-state index >= 15 is 0 Å². The molecule has 2 aromatic rings. The van der Waals surface area contributed by atoms with Gasteiger partial charge in [-0.25, -0.2) is 9.38 Å². The zero-order valence-electron chi connectivity index (χ0n) is 11.5. The number of allylic oxidation sites excluding steroid dienone is 1. The van der Waals surface area contributed by atoms with Gasteiger partial charge in [-0.15, -0.1) is 17.9 Å². The lowest BCUT2D eigenvalue weighted by atomic mass is 10.1. The highest BCUT2D eigenvalue weighted by atomic mass is 32.1. The predicted octanol–water partition coefficient (Wildman–Crippen LogP) is 3.30. The predicted molar refractivity (Wildman–Crippen MR) is 80.2 cm³/mol. The third-order valence-corrected chi connectivity index (χ3v) is 3.90. The zero-order valence-corrected chi connectivity index (χ0v) is 12.3. The van der Waals surface area contributed by atoms with Gasteiger partial charge >= 0.3 is 5.97 Å². The van der Waals surface area contributed by atoms with Crippen molar-refractivity contribution >= 4 is 23.0 Å². The first-order chi connectivity index (χ1) is 10.0. The van der Waals surface area contributed by atoms with Crippen LogP contribution in [-0.4, -0.2) is 15.6 Å². The van der Waals surface area contributed by atoms with Crippen molar-refractivity contribution in [3.8, 4) is 0 Å². The van der Waals surface area contributed by atoms with Crippen LogP contribution >= 0.6 is 11.3 Å². The number of benzene rings is 1. The molecule has 1 aromatic heterocycles. The van der Waals surface area contributed by atoms with Crippen LogP contribution in [0.25, 0.3) is 0 Å². The highest BCUT2D eigenvalue weighted by Gasteiger charge is 2.18. The summed E-state index contributed by atoms with van der Waals surface area (Å²) in [7, 11) is 0. The van der Waals surface area contributed by atoms with Gasteiger partial charge < -0.3 is 9.67 Å². The number of rotatable bonds is 5. The minimum atomic E-state index is -0.914. The average molecular weight is 306 g/mol. The second-order valence-corrected chi connectivity index (χ2v) is 5.30. The lowest BCUT2D eigenvalue weighted by molar-refractivity contribution is -0.138. The first-order valence-corrected chi connectivity index (χ1v) is 7.23. The Balaban J connectivity index is 2.57. The molecule has 1 unspecified atom stereocenters. The van der Waals surface area contributed by atoms with Crippen molar-refractivity contribution in [2.45, 2.75) is 19.4 Å². The number of carbonyl (C=O) groups is 1. The van der Waals surface area contributed by atoms with Gasteiger partial charge in [0.1, 0.15) is 11.5 Å². The number of hydrogen-bond acceptors (Lipinski definition) is 3. The number of para-hydroxylation sites is 1. The van der Waals surface area contributed by atoms with Crippen molar-refractivity contribution < 1.29 is 14.3 Å². The first kappa shape index (κ1) is 15.2. The van der Waals surface area contributed by atoms with E-state index in [1.807, 2.05) is 0 Å². The third kappa shape index (κ3) is 3.28. The third-order valence-electron chi connectivity index (χ3n) is 3.02. The summed E-state index contributed by atoms with van der Waals surface area (Å²) in [6, 6.07) is 6.21. The number of carboxylic acid groups (broad SMARTS) is 1. The Morgan fingerprint density at radius 3 is 2.90 bits per heavy atom. The molecule has 0 saturated heterocycles. The molecule has 2 rings (SSSR count). The van der Waals surface area contributed by atoms with Gasteiger partial charge in [0.2, 0.25) is 0 Å². The fraction of sp³-hybridized carbons (Fsp3) is 0.200. The van der Waals surface area contributed by atoms with Gasteiger partial charge in [-0.1, -0.05) is 18.2 Å². The van der Waals surface area contributed by atoms with E-state index in [1.54, 1.807) is 41.1 Å². The fourth-order valence-corrected chi connectivity index (χ4v) is 2.87. The smallest absolute Gasteiger partial charge is 0.312 e. The topological polar surface area (TPSA) is 54.6 Å². The standard InChI is InChI=1S/C15H15FN2O2S/c1-3-8-18-13(10(2)14(19)20)9-21-15(18)17-12-7-5-4-6-11(12)16/h3-7,9-10H,1,8H2,2H3,(H,19,20)/b17-15+. The maximum atomic E-state index is 13.7. The normalized spacial score (nSPS) is 13.1. The number of aromatic nitrogens is 1. The quantitative estimate of drug-likeness (QED) is 0.862. The van der Waals surface area contributed by atoms with Crippen LogP contribution in [-0.2, 0) is 11.3 Å². The van der Waals surface area contributed by atoms with Crippen LogP contribution in [0.2, 0.25) is 0 Å². The van der Waals surface area contributed by atoms with Crippen molar-refractivity contribution in [2.24, 2.45) is 4.99 Å². The summed E-state index contributed by atoms with van der Waals surface area (Å²) >= 11 is 1.28. The molecule has 1 heterocycles. The van der Waals surface area contributed by atoms with Crippen molar-refractivity contribution in [3.63, 3.8) is 0 Å². The van der Waals surface area contributed by atoms with Gasteiger partial charge in [0.05, 0.1) is 5.92 Å². The van der Waals surface area contributed by atoms with Crippen molar-refractivity contribution in [1.82, 2.24) is 4.57 Å². The van der Waals surface area contributed by atoms with Crippen molar-refractivity contribution in [2.75, 3.05) is 0 Å². The van der Waals surface area contributed by atoms with E-state index in [9.17, 15) is 9.18 Å². The Kier molecular flexibility index (Phi) is 4.70. The summed E-state index contributed by atoms with van der Waals surface area (Å²) in [5.74, 6) is -1.99. The van der Waals surface area contributed by atoms with Gasteiger partial charge in [-0.2, -0.15) is 0 Å². The van der Waals surface area contributed by atoms with Crippen LogP contribution < -0.4 is 4.80 Å². The second kappa shape index (κ2) is 6.49. The highest BCUT2D eigenvalue weighted by molar-refractivity contribution is 7.07. The first-order valence-electron chi connectivity index (χ1n) is 6.35. The number of carboxylic acids is 1. The molecule has 0 spiro atoms. The monoisotopic (exact) mass is 306 g/mol. The minimum Gasteiger partial charge on any atom is -0.481 e. The van der Waals surface area contributed by atoms with E-state index in [0.717, 1.165) is 0 Å². The zero-order chi connectivity index (χ0) is 15.4. The van der Waals surface area contributed by atoms with Gasteiger partial charge in [-0.3, -0.25) is 4.79 Å². The molecular weight excluding hydrogens is 291 g/mol. The van der Waals surface area contributed by atoms with Crippen LogP contribution in [0.4, 0.5) is 10.1 Å². The fourth-order valence-electron chi connectivity index (χ4n) is 1.86. The number of halogens is 1. The maximum Gasteiger partial charge on any atom is 0.312 e. The van der Waals surface area contributed by atoms with E-state index in [0.29, 0.717) is 17.0 Å². The summed E-state index contributed by atoms with van der Waals surface area (Å²) in [5.41, 5.74) is 0.856. The molecule has 0 bridgehead atoms. The number of nitrogens with zero attached hydrogens (tertiary/aromatic N) is 2. The molecule has 0 aliphatic heterocycles. The molecule has 110 valence electrons. The number of thiazole rings is 1. The van der Waals surface area contributed by atoms with Gasteiger partial charge in [0.15, 0.2) is 4.80 Å². The van der Waals surface area contributed by atoms with E-state index in [-0.39, 0.29) is 5.69 Å².